The molecule has 0 aliphatic rings. The summed E-state index contributed by atoms with van der Waals surface area (Å²) in [7, 11) is -4.64. The van der Waals surface area contributed by atoms with Crippen molar-refractivity contribution < 1.29 is 23.6 Å². The Hall–Kier alpha value is -1.49. The molecule has 0 radical (unpaired) electrons. The Bertz CT molecular complexity index is 433. The van der Waals surface area contributed by atoms with E-state index in [4.69, 9.17) is 30.3 Å². The van der Waals surface area contributed by atoms with E-state index in [9.17, 15) is 4.39 Å². The number of nitrogens with one attached hydrogen (secondary N) is 1. The standard InChI is InChI=1S/C7H6FN3.H3O4P/c8-6-3-5(4-9)1-2-7(6)11-10;1-5(2,3)4/h1-3,11H,10H2;(H3,1,2,3,4). The second-order valence-electron chi connectivity index (χ2n) is 2.46. The van der Waals surface area contributed by atoms with Crippen LogP contribution < -0.4 is 11.3 Å². The van der Waals surface area contributed by atoms with Gasteiger partial charge in [0.25, 0.3) is 0 Å². The topological polar surface area (TPSA) is 140 Å². The van der Waals surface area contributed by atoms with E-state index in [0.717, 1.165) is 6.07 Å². The summed E-state index contributed by atoms with van der Waals surface area (Å²) in [6.07, 6.45) is 0. The monoisotopic (exact) mass is 249 g/mol. The van der Waals surface area contributed by atoms with Crippen molar-refractivity contribution in [3.8, 4) is 6.07 Å². The Balaban J connectivity index is 0.000000385. The largest absolute Gasteiger partial charge is 0.466 e. The smallest absolute Gasteiger partial charge is 0.321 e. The fourth-order valence-corrected chi connectivity index (χ4v) is 0.702. The van der Waals surface area contributed by atoms with Gasteiger partial charge >= 0.3 is 7.82 Å². The third kappa shape index (κ3) is 6.89. The SMILES string of the molecule is N#Cc1ccc(NN)c(F)c1.O=P(O)(O)O. The van der Waals surface area contributed by atoms with Crippen LogP contribution in [0.3, 0.4) is 0 Å². The summed E-state index contributed by atoms with van der Waals surface area (Å²) in [6.45, 7) is 0. The van der Waals surface area contributed by atoms with Gasteiger partial charge in [-0.3, -0.25) is 5.84 Å². The zero-order valence-corrected chi connectivity index (χ0v) is 8.73. The highest BCUT2D eigenvalue weighted by Gasteiger charge is 2.00. The molecule has 6 N–H and O–H groups in total. The average Bonchev–Trinajstić information content (AvgIpc) is 2.15. The third-order valence-electron chi connectivity index (χ3n) is 1.25. The fourth-order valence-electron chi connectivity index (χ4n) is 0.702. The predicted molar refractivity (Wildman–Crippen MR) is 53.2 cm³/mol. The van der Waals surface area contributed by atoms with Crippen LogP contribution in [0, 0.1) is 17.1 Å². The number of nitrogens with two attached hydrogens (primary N) is 1. The molecule has 0 aromatic heterocycles. The van der Waals surface area contributed by atoms with E-state index in [-0.39, 0.29) is 11.3 Å². The van der Waals surface area contributed by atoms with Crippen LogP contribution in [0.2, 0.25) is 0 Å². The van der Waals surface area contributed by atoms with Gasteiger partial charge in [-0.2, -0.15) is 5.26 Å². The lowest BCUT2D eigenvalue weighted by atomic mass is 10.2. The van der Waals surface area contributed by atoms with Gasteiger partial charge in [0.05, 0.1) is 17.3 Å². The van der Waals surface area contributed by atoms with Gasteiger partial charge in [-0.1, -0.05) is 0 Å². The predicted octanol–water partition coefficient (Wildman–Crippen LogP) is 0.0544. The third-order valence-corrected chi connectivity index (χ3v) is 1.25. The molecule has 9 heteroatoms. The molecule has 0 atom stereocenters. The summed E-state index contributed by atoms with van der Waals surface area (Å²) in [4.78, 5) is 21.6. The molecule has 0 aliphatic heterocycles. The van der Waals surface area contributed by atoms with Crippen molar-refractivity contribution in [3.05, 3.63) is 29.6 Å². The minimum atomic E-state index is -4.64. The molecule has 1 aromatic carbocycles. The Morgan fingerprint density at radius 3 is 2.25 bits per heavy atom. The highest BCUT2D eigenvalue weighted by atomic mass is 31.2. The number of benzene rings is 1. The molecule has 88 valence electrons. The molecule has 0 unspecified atom stereocenters. The summed E-state index contributed by atoms with van der Waals surface area (Å²) >= 11 is 0. The average molecular weight is 249 g/mol. The minimum Gasteiger partial charge on any atom is -0.321 e. The number of hydrogen-bond acceptors (Lipinski definition) is 4. The highest BCUT2D eigenvalue weighted by Crippen LogP contribution is 2.25. The van der Waals surface area contributed by atoms with Gasteiger partial charge in [0.15, 0.2) is 0 Å². The number of halogens is 1. The molecule has 1 rings (SSSR count). The molecule has 0 saturated carbocycles. The minimum absolute atomic E-state index is 0.184. The Morgan fingerprint density at radius 2 is 1.94 bits per heavy atom. The first-order chi connectivity index (χ1) is 7.27. The van der Waals surface area contributed by atoms with Crippen LogP contribution in [0.5, 0.6) is 0 Å². The van der Waals surface area contributed by atoms with E-state index < -0.39 is 13.6 Å². The number of nitrogens with zero attached hydrogens (tertiary/aromatic N) is 1. The maximum Gasteiger partial charge on any atom is 0.466 e. The summed E-state index contributed by atoms with van der Waals surface area (Å²) < 4.78 is 21.6. The first-order valence-corrected chi connectivity index (χ1v) is 5.29. The molecule has 0 aliphatic carbocycles. The molecule has 7 nitrogen and oxygen atoms in total. The number of phosphoric acid groups is 1. The van der Waals surface area contributed by atoms with Crippen molar-refractivity contribution >= 4 is 13.5 Å². The van der Waals surface area contributed by atoms with Crippen molar-refractivity contribution in [2.24, 2.45) is 5.84 Å². The second kappa shape index (κ2) is 6.17. The van der Waals surface area contributed by atoms with Crippen LogP contribution in [0.4, 0.5) is 10.1 Å². The van der Waals surface area contributed by atoms with Crippen LogP contribution in [-0.2, 0) is 4.57 Å². The molecular weight excluding hydrogens is 240 g/mol. The van der Waals surface area contributed by atoms with E-state index in [1.807, 2.05) is 6.07 Å². The van der Waals surface area contributed by atoms with Crippen molar-refractivity contribution in [1.29, 1.82) is 5.26 Å². The van der Waals surface area contributed by atoms with E-state index in [1.165, 1.54) is 12.1 Å². The summed E-state index contributed by atoms with van der Waals surface area (Å²) in [5.74, 6) is 4.45. The highest BCUT2D eigenvalue weighted by molar-refractivity contribution is 7.45. The van der Waals surface area contributed by atoms with Gasteiger partial charge in [-0.15, -0.1) is 0 Å². The summed E-state index contributed by atoms with van der Waals surface area (Å²) in [5.41, 5.74) is 2.63. The van der Waals surface area contributed by atoms with Crippen molar-refractivity contribution in [3.63, 3.8) is 0 Å². The number of anilines is 1. The van der Waals surface area contributed by atoms with Gasteiger partial charge in [0.1, 0.15) is 5.82 Å². The van der Waals surface area contributed by atoms with Gasteiger partial charge < -0.3 is 20.1 Å². The fraction of sp³-hybridized carbons (Fsp3) is 0. The molecule has 0 fully saturated rings. The number of nitriles is 1. The first kappa shape index (κ1) is 14.5. The molecule has 0 amide bonds. The van der Waals surface area contributed by atoms with Gasteiger partial charge in [0.2, 0.25) is 0 Å². The van der Waals surface area contributed by atoms with Crippen LogP contribution in [0.1, 0.15) is 5.56 Å². The molecule has 1 aromatic rings. The Morgan fingerprint density at radius 1 is 1.44 bits per heavy atom. The quantitative estimate of drug-likeness (QED) is 0.269. The van der Waals surface area contributed by atoms with Gasteiger partial charge in [-0.25, -0.2) is 8.96 Å². The van der Waals surface area contributed by atoms with E-state index in [2.05, 4.69) is 5.43 Å². The normalized spacial score (nSPS) is 9.75. The van der Waals surface area contributed by atoms with Crippen LogP contribution in [0.15, 0.2) is 18.2 Å². The van der Waals surface area contributed by atoms with E-state index in [1.54, 1.807) is 0 Å². The number of hydrogen-bond donors (Lipinski definition) is 5. The molecular formula is C7H9FN3O4P. The number of hydrazine groups is 1. The lowest BCUT2D eigenvalue weighted by molar-refractivity contribution is 0.275. The zero-order chi connectivity index (χ0) is 12.8. The molecule has 0 bridgehead atoms. The van der Waals surface area contributed by atoms with Crippen molar-refractivity contribution in [1.82, 2.24) is 0 Å². The molecule has 0 spiro atoms. The van der Waals surface area contributed by atoms with Crippen molar-refractivity contribution in [2.45, 2.75) is 0 Å². The molecule has 16 heavy (non-hydrogen) atoms. The van der Waals surface area contributed by atoms with Crippen LogP contribution >= 0.6 is 7.82 Å². The Labute approximate surface area is 90.2 Å². The zero-order valence-electron chi connectivity index (χ0n) is 7.83. The number of nitrogen functional groups attached to an aromatic ring is 1. The van der Waals surface area contributed by atoms with E-state index >= 15 is 0 Å². The summed E-state index contributed by atoms with van der Waals surface area (Å²) in [6, 6.07) is 5.83. The van der Waals surface area contributed by atoms with Gasteiger partial charge in [0, 0.05) is 0 Å². The molecule has 0 heterocycles. The van der Waals surface area contributed by atoms with Gasteiger partial charge in [-0.05, 0) is 18.2 Å². The van der Waals surface area contributed by atoms with Crippen LogP contribution in [-0.4, -0.2) is 14.7 Å². The lowest BCUT2D eigenvalue weighted by Crippen LogP contribution is -2.08. The Kier molecular flexibility index (Phi) is 5.60. The lowest BCUT2D eigenvalue weighted by Gasteiger charge is -1.99. The maximum atomic E-state index is 12.7. The summed E-state index contributed by atoms with van der Waals surface area (Å²) in [5, 5.41) is 8.36. The maximum absolute atomic E-state index is 12.7. The van der Waals surface area contributed by atoms with E-state index in [0.29, 0.717) is 0 Å². The second-order valence-corrected chi connectivity index (χ2v) is 3.49. The first-order valence-electron chi connectivity index (χ1n) is 3.72. The van der Waals surface area contributed by atoms with Crippen LogP contribution in [0.25, 0.3) is 0 Å². The van der Waals surface area contributed by atoms with Crippen molar-refractivity contribution in [2.75, 3.05) is 5.43 Å². The number of rotatable bonds is 1. The molecule has 0 saturated heterocycles.